The van der Waals surface area contributed by atoms with Crippen molar-refractivity contribution in [3.63, 3.8) is 0 Å². The summed E-state index contributed by atoms with van der Waals surface area (Å²) in [5.74, 6) is -0.169. The summed E-state index contributed by atoms with van der Waals surface area (Å²) in [6, 6.07) is 9.14. The number of hydrogen-bond donors (Lipinski definition) is 1. The molecule has 0 fully saturated rings. The van der Waals surface area contributed by atoms with Crippen molar-refractivity contribution in [3.8, 4) is 11.5 Å². The van der Waals surface area contributed by atoms with Crippen LogP contribution in [0.1, 0.15) is 55.6 Å². The number of fused-ring (bicyclic) bond motifs is 1. The second-order valence-electron chi connectivity index (χ2n) is 11.4. The van der Waals surface area contributed by atoms with Gasteiger partial charge < -0.3 is 24.2 Å². The number of benzene rings is 2. The van der Waals surface area contributed by atoms with E-state index in [2.05, 4.69) is 0 Å². The number of hydrogen-bond acceptors (Lipinski definition) is 6. The Bertz CT molecular complexity index is 1340. The molecular formula is C32H38FNO6. The zero-order chi connectivity index (χ0) is 29.2. The fourth-order valence-electron chi connectivity index (χ4n) is 5.46. The summed E-state index contributed by atoms with van der Waals surface area (Å²) in [5, 5.41) is 9.61. The molecule has 0 saturated carbocycles. The summed E-state index contributed by atoms with van der Waals surface area (Å²) >= 11 is 0. The molecule has 0 aliphatic heterocycles. The Kier molecular flexibility index (Phi) is 8.57. The molecule has 2 aliphatic carbocycles. The number of phenols is 1. The maximum atomic E-state index is 14.1. The summed E-state index contributed by atoms with van der Waals surface area (Å²) in [6.45, 7) is 7.75. The second kappa shape index (κ2) is 11.7. The Morgan fingerprint density at radius 1 is 1.02 bits per heavy atom. The van der Waals surface area contributed by atoms with Gasteiger partial charge in [0.1, 0.15) is 5.75 Å². The van der Waals surface area contributed by atoms with Crippen molar-refractivity contribution in [2.75, 3.05) is 20.8 Å². The van der Waals surface area contributed by atoms with Crippen molar-refractivity contribution in [2.24, 2.45) is 17.3 Å². The van der Waals surface area contributed by atoms with Crippen molar-refractivity contribution >= 4 is 11.9 Å². The van der Waals surface area contributed by atoms with E-state index in [0.29, 0.717) is 23.8 Å². The summed E-state index contributed by atoms with van der Waals surface area (Å²) in [5.41, 5.74) is 1.89. The van der Waals surface area contributed by atoms with Gasteiger partial charge in [-0.2, -0.15) is 0 Å². The van der Waals surface area contributed by atoms with Gasteiger partial charge in [-0.3, -0.25) is 9.59 Å². The lowest BCUT2D eigenvalue weighted by atomic mass is 9.72. The maximum absolute atomic E-state index is 14.1. The Morgan fingerprint density at radius 3 is 2.35 bits per heavy atom. The quantitative estimate of drug-likeness (QED) is 0.345. The first-order chi connectivity index (χ1) is 19.0. The molecule has 40 heavy (non-hydrogen) atoms. The maximum Gasteiger partial charge on any atom is 0.316 e. The lowest BCUT2D eigenvalue weighted by molar-refractivity contribution is -0.143. The molecule has 4 rings (SSSR count). The van der Waals surface area contributed by atoms with Crippen molar-refractivity contribution in [1.82, 2.24) is 4.90 Å². The number of esters is 1. The average molecular weight is 552 g/mol. The van der Waals surface area contributed by atoms with Crippen LogP contribution in [0.5, 0.6) is 11.5 Å². The number of likely N-dealkylation sites (N-methyl/N-ethyl adjacent to an activating group) is 1. The third-order valence-corrected chi connectivity index (χ3v) is 7.71. The van der Waals surface area contributed by atoms with Gasteiger partial charge in [0.05, 0.1) is 25.7 Å². The van der Waals surface area contributed by atoms with Crippen LogP contribution in [0, 0.1) is 23.1 Å². The van der Waals surface area contributed by atoms with E-state index in [1.165, 1.54) is 17.7 Å². The number of aryl methyl sites for hydroxylation is 1. The van der Waals surface area contributed by atoms with E-state index in [4.69, 9.17) is 14.2 Å². The SMILES string of the molecule is CCN(C(=O)c1ccc(O)c(F)c1)C1C=C(OC)C(OC)=CC1[C@@H]1CCc2cc(OC(=O)C(C)(C)C)ccc2C1. The van der Waals surface area contributed by atoms with Crippen LogP contribution >= 0.6 is 0 Å². The topological polar surface area (TPSA) is 85.3 Å². The molecule has 2 unspecified atom stereocenters. The number of carbonyl (C=O) groups excluding carboxylic acids is 2. The Balaban J connectivity index is 1.63. The van der Waals surface area contributed by atoms with E-state index in [9.17, 15) is 19.1 Å². The van der Waals surface area contributed by atoms with Crippen LogP contribution in [-0.4, -0.2) is 48.7 Å². The van der Waals surface area contributed by atoms with Crippen molar-refractivity contribution in [2.45, 2.75) is 53.0 Å². The summed E-state index contributed by atoms with van der Waals surface area (Å²) in [4.78, 5) is 27.7. The number of aromatic hydroxyl groups is 1. The van der Waals surface area contributed by atoms with Gasteiger partial charge in [0.25, 0.3) is 5.91 Å². The lowest BCUT2D eigenvalue weighted by Crippen LogP contribution is -2.47. The molecule has 0 spiro atoms. The second-order valence-corrected chi connectivity index (χ2v) is 11.4. The third-order valence-electron chi connectivity index (χ3n) is 7.71. The van der Waals surface area contributed by atoms with Crippen LogP contribution in [0.3, 0.4) is 0 Å². The molecule has 2 aromatic rings. The normalized spacial score (nSPS) is 20.5. The number of rotatable bonds is 7. The minimum Gasteiger partial charge on any atom is -0.505 e. The number of halogens is 1. The molecule has 0 aromatic heterocycles. The zero-order valence-electron chi connectivity index (χ0n) is 24.0. The summed E-state index contributed by atoms with van der Waals surface area (Å²) < 4.78 is 31.0. The molecule has 2 aliphatic rings. The van der Waals surface area contributed by atoms with Crippen LogP contribution in [0.2, 0.25) is 0 Å². The largest absolute Gasteiger partial charge is 0.505 e. The molecule has 1 amide bonds. The lowest BCUT2D eigenvalue weighted by Gasteiger charge is -2.41. The van der Waals surface area contributed by atoms with Gasteiger partial charge >= 0.3 is 5.97 Å². The van der Waals surface area contributed by atoms with E-state index < -0.39 is 17.0 Å². The van der Waals surface area contributed by atoms with Crippen molar-refractivity contribution < 1.29 is 33.3 Å². The Hall–Kier alpha value is -3.81. The standard InChI is InChI=1S/C32H38FNO6/c1-7-34(30(36)22-11-13-27(35)25(33)16-22)26-18-29(39-6)28(38-5)17-24(26)21-9-8-20-15-23(12-10-19(20)14-21)40-31(37)32(2,3)4/h10-13,15-18,21,24,26,35H,7-9,14H2,1-6H3/t21-,24?,26?/m1/s1. The number of phenolic OH excluding ortho intramolecular Hbond substituents is 1. The molecule has 214 valence electrons. The molecule has 8 heteroatoms. The Morgan fingerprint density at radius 2 is 1.73 bits per heavy atom. The molecular weight excluding hydrogens is 513 g/mol. The van der Waals surface area contributed by atoms with Crippen LogP contribution in [0.4, 0.5) is 4.39 Å². The fourth-order valence-corrected chi connectivity index (χ4v) is 5.46. The van der Waals surface area contributed by atoms with Crippen LogP contribution in [-0.2, 0) is 27.1 Å². The number of ether oxygens (including phenoxy) is 3. The van der Waals surface area contributed by atoms with Gasteiger partial charge in [0, 0.05) is 18.0 Å². The molecule has 0 bridgehead atoms. The van der Waals surface area contributed by atoms with Crippen LogP contribution in [0.15, 0.2) is 60.1 Å². The van der Waals surface area contributed by atoms with E-state index >= 15 is 0 Å². The molecule has 2 aromatic carbocycles. The first kappa shape index (κ1) is 29.2. The van der Waals surface area contributed by atoms with Crippen LogP contribution in [0.25, 0.3) is 0 Å². The molecule has 0 heterocycles. The van der Waals surface area contributed by atoms with E-state index in [0.717, 1.165) is 30.9 Å². The van der Waals surface area contributed by atoms with Gasteiger partial charge in [-0.25, -0.2) is 4.39 Å². The molecule has 3 atom stereocenters. The molecule has 0 radical (unpaired) electrons. The monoisotopic (exact) mass is 551 g/mol. The molecule has 0 saturated heterocycles. The average Bonchev–Trinajstić information content (AvgIpc) is 2.93. The van der Waals surface area contributed by atoms with E-state index in [1.807, 2.05) is 58.0 Å². The Labute approximate surface area is 235 Å². The smallest absolute Gasteiger partial charge is 0.316 e. The van der Waals surface area contributed by atoms with Crippen LogP contribution < -0.4 is 4.74 Å². The third kappa shape index (κ3) is 6.01. The van der Waals surface area contributed by atoms with E-state index in [1.54, 1.807) is 19.1 Å². The predicted molar refractivity (Wildman–Crippen MR) is 149 cm³/mol. The molecule has 7 nitrogen and oxygen atoms in total. The highest BCUT2D eigenvalue weighted by Crippen LogP contribution is 2.40. The minimum absolute atomic E-state index is 0.0914. The fraction of sp³-hybridized carbons (Fsp3) is 0.438. The molecule has 1 N–H and O–H groups in total. The van der Waals surface area contributed by atoms with E-state index in [-0.39, 0.29) is 35.3 Å². The minimum atomic E-state index is -0.840. The first-order valence-electron chi connectivity index (χ1n) is 13.6. The number of amides is 1. The number of carbonyl (C=O) groups is 2. The van der Waals surface area contributed by atoms with Crippen molar-refractivity contribution in [1.29, 1.82) is 0 Å². The van der Waals surface area contributed by atoms with Gasteiger partial charge in [0.2, 0.25) is 0 Å². The van der Waals surface area contributed by atoms with Gasteiger partial charge in [-0.15, -0.1) is 0 Å². The number of nitrogens with zero attached hydrogens (tertiary/aromatic N) is 1. The van der Waals surface area contributed by atoms with Gasteiger partial charge in [-0.1, -0.05) is 6.07 Å². The highest BCUT2D eigenvalue weighted by atomic mass is 19.1. The highest BCUT2D eigenvalue weighted by Gasteiger charge is 2.39. The summed E-state index contributed by atoms with van der Waals surface area (Å²) in [7, 11) is 3.15. The van der Waals surface area contributed by atoms with Crippen molar-refractivity contribution in [3.05, 3.63) is 82.6 Å². The van der Waals surface area contributed by atoms with Gasteiger partial charge in [-0.05, 0) is 106 Å². The predicted octanol–water partition coefficient (Wildman–Crippen LogP) is 5.81. The zero-order valence-corrected chi connectivity index (χ0v) is 24.0. The highest BCUT2D eigenvalue weighted by molar-refractivity contribution is 5.94. The first-order valence-corrected chi connectivity index (χ1v) is 13.6. The van der Waals surface area contributed by atoms with Gasteiger partial charge in [0.15, 0.2) is 23.1 Å². The number of methoxy groups -OCH3 is 2. The summed E-state index contributed by atoms with van der Waals surface area (Å²) in [6.07, 6.45) is 6.36.